The van der Waals surface area contributed by atoms with E-state index in [4.69, 9.17) is 5.73 Å². The molecule has 78 valence electrons. The minimum atomic E-state index is -0.202. The summed E-state index contributed by atoms with van der Waals surface area (Å²) in [6.45, 7) is 2.61. The smallest absolute Gasteiger partial charge is 0.123 e. The molecule has 1 aromatic carbocycles. The zero-order valence-electron chi connectivity index (χ0n) is 8.46. The highest BCUT2D eigenvalue weighted by molar-refractivity contribution is 7.15. The molecule has 0 saturated carbocycles. The number of hydrogen-bond acceptors (Lipinski definition) is 2. The van der Waals surface area contributed by atoms with E-state index in [9.17, 15) is 4.39 Å². The van der Waals surface area contributed by atoms with Gasteiger partial charge in [0.05, 0.1) is 0 Å². The van der Waals surface area contributed by atoms with E-state index in [1.807, 2.05) is 6.92 Å². The minimum Gasteiger partial charge on any atom is -0.326 e. The molecule has 0 radical (unpaired) electrons. The van der Waals surface area contributed by atoms with Crippen LogP contribution in [0.1, 0.15) is 10.4 Å². The lowest BCUT2D eigenvalue weighted by molar-refractivity contribution is 0.628. The fourth-order valence-electron chi connectivity index (χ4n) is 1.54. The van der Waals surface area contributed by atoms with E-state index in [-0.39, 0.29) is 5.82 Å². The van der Waals surface area contributed by atoms with E-state index in [2.05, 4.69) is 6.07 Å². The van der Waals surface area contributed by atoms with Gasteiger partial charge >= 0.3 is 0 Å². The molecule has 2 N–H and O–H groups in total. The molecule has 0 saturated heterocycles. The molecule has 0 atom stereocenters. The van der Waals surface area contributed by atoms with E-state index >= 15 is 0 Å². The van der Waals surface area contributed by atoms with Crippen molar-refractivity contribution in [3.05, 3.63) is 46.6 Å². The maximum atomic E-state index is 12.8. The minimum absolute atomic E-state index is 0.202. The average Bonchev–Trinajstić information content (AvgIpc) is 2.61. The monoisotopic (exact) mass is 221 g/mol. The predicted octanol–water partition coefficient (Wildman–Crippen LogP) is 3.32. The van der Waals surface area contributed by atoms with E-state index in [1.165, 1.54) is 22.6 Å². The van der Waals surface area contributed by atoms with Gasteiger partial charge in [0.25, 0.3) is 0 Å². The maximum Gasteiger partial charge on any atom is 0.123 e. The normalized spacial score (nSPS) is 10.6. The van der Waals surface area contributed by atoms with Gasteiger partial charge in [-0.2, -0.15) is 0 Å². The quantitative estimate of drug-likeness (QED) is 0.827. The fourth-order valence-corrected chi connectivity index (χ4v) is 2.59. The Kier molecular flexibility index (Phi) is 2.84. The van der Waals surface area contributed by atoms with Crippen LogP contribution < -0.4 is 5.73 Å². The van der Waals surface area contributed by atoms with Crippen molar-refractivity contribution in [1.29, 1.82) is 0 Å². The molecule has 0 aliphatic heterocycles. The standard InChI is InChI=1S/C12H12FNS/c1-8-6-11(7-14)15-12(8)9-2-4-10(13)5-3-9/h2-6H,7,14H2,1H3. The van der Waals surface area contributed by atoms with Gasteiger partial charge < -0.3 is 5.73 Å². The average molecular weight is 221 g/mol. The first kappa shape index (κ1) is 10.3. The summed E-state index contributed by atoms with van der Waals surface area (Å²) in [5, 5.41) is 0. The van der Waals surface area contributed by atoms with Crippen molar-refractivity contribution in [1.82, 2.24) is 0 Å². The van der Waals surface area contributed by atoms with Crippen LogP contribution in [0.25, 0.3) is 10.4 Å². The molecule has 2 rings (SSSR count). The van der Waals surface area contributed by atoms with Crippen LogP contribution in [0.4, 0.5) is 4.39 Å². The first-order valence-corrected chi connectivity index (χ1v) is 5.57. The number of halogens is 1. The molecule has 15 heavy (non-hydrogen) atoms. The van der Waals surface area contributed by atoms with Crippen LogP contribution in [0.3, 0.4) is 0 Å². The summed E-state index contributed by atoms with van der Waals surface area (Å²) < 4.78 is 12.8. The Hall–Kier alpha value is -1.19. The molecule has 2 aromatic rings. The number of rotatable bonds is 2. The van der Waals surface area contributed by atoms with Crippen LogP contribution in [0.5, 0.6) is 0 Å². The summed E-state index contributed by atoms with van der Waals surface area (Å²) in [4.78, 5) is 2.34. The van der Waals surface area contributed by atoms with Gasteiger partial charge in [0, 0.05) is 16.3 Å². The van der Waals surface area contributed by atoms with Gasteiger partial charge in [-0.25, -0.2) is 4.39 Å². The van der Waals surface area contributed by atoms with Crippen molar-refractivity contribution in [3.63, 3.8) is 0 Å². The Morgan fingerprint density at radius 3 is 2.47 bits per heavy atom. The van der Waals surface area contributed by atoms with E-state index < -0.39 is 0 Å². The Morgan fingerprint density at radius 1 is 1.27 bits per heavy atom. The summed E-state index contributed by atoms with van der Waals surface area (Å²) in [7, 11) is 0. The third-order valence-corrected chi connectivity index (χ3v) is 3.58. The number of aryl methyl sites for hydroxylation is 1. The topological polar surface area (TPSA) is 26.0 Å². The third kappa shape index (κ3) is 2.08. The van der Waals surface area contributed by atoms with Gasteiger partial charge in [0.15, 0.2) is 0 Å². The first-order chi connectivity index (χ1) is 7.20. The second-order valence-electron chi connectivity index (χ2n) is 3.44. The Labute approximate surface area is 92.4 Å². The first-order valence-electron chi connectivity index (χ1n) is 4.76. The van der Waals surface area contributed by atoms with Crippen LogP contribution in [0.15, 0.2) is 30.3 Å². The van der Waals surface area contributed by atoms with E-state index in [0.717, 1.165) is 10.4 Å². The summed E-state index contributed by atoms with van der Waals surface area (Å²) >= 11 is 1.67. The highest BCUT2D eigenvalue weighted by Gasteiger charge is 2.06. The number of benzene rings is 1. The molecule has 0 bridgehead atoms. The molecule has 0 unspecified atom stereocenters. The van der Waals surface area contributed by atoms with Gasteiger partial charge in [-0.05, 0) is 36.2 Å². The molecule has 1 heterocycles. The van der Waals surface area contributed by atoms with Crippen LogP contribution in [0.2, 0.25) is 0 Å². The second kappa shape index (κ2) is 4.13. The van der Waals surface area contributed by atoms with Crippen LogP contribution >= 0.6 is 11.3 Å². The molecule has 0 fully saturated rings. The lowest BCUT2D eigenvalue weighted by Gasteiger charge is -1.98. The lowest BCUT2D eigenvalue weighted by Crippen LogP contribution is -1.91. The van der Waals surface area contributed by atoms with Crippen molar-refractivity contribution < 1.29 is 4.39 Å². The lowest BCUT2D eigenvalue weighted by atomic mass is 10.1. The van der Waals surface area contributed by atoms with Crippen LogP contribution in [-0.4, -0.2) is 0 Å². The summed E-state index contributed by atoms with van der Waals surface area (Å²) in [6.07, 6.45) is 0. The SMILES string of the molecule is Cc1cc(CN)sc1-c1ccc(F)cc1. The summed E-state index contributed by atoms with van der Waals surface area (Å²) in [5.74, 6) is -0.202. The number of thiophene rings is 1. The Balaban J connectivity index is 2.44. The molecular formula is C12H12FNS. The second-order valence-corrected chi connectivity index (χ2v) is 4.57. The molecule has 0 spiro atoms. The highest BCUT2D eigenvalue weighted by atomic mass is 32.1. The van der Waals surface area contributed by atoms with Crippen molar-refractivity contribution in [2.24, 2.45) is 5.73 Å². The fraction of sp³-hybridized carbons (Fsp3) is 0.167. The molecule has 1 nitrogen and oxygen atoms in total. The largest absolute Gasteiger partial charge is 0.326 e. The number of hydrogen-bond donors (Lipinski definition) is 1. The van der Waals surface area contributed by atoms with Crippen molar-refractivity contribution >= 4 is 11.3 Å². The number of nitrogens with two attached hydrogens (primary N) is 1. The zero-order valence-corrected chi connectivity index (χ0v) is 9.27. The predicted molar refractivity (Wildman–Crippen MR) is 62.3 cm³/mol. The third-order valence-electron chi connectivity index (χ3n) is 2.28. The van der Waals surface area contributed by atoms with Gasteiger partial charge in [0.2, 0.25) is 0 Å². The summed E-state index contributed by atoms with van der Waals surface area (Å²) in [5.41, 5.74) is 7.84. The van der Waals surface area contributed by atoms with Crippen LogP contribution in [-0.2, 0) is 6.54 Å². The van der Waals surface area contributed by atoms with Crippen molar-refractivity contribution in [2.75, 3.05) is 0 Å². The Bertz CT molecular complexity index is 459. The molecule has 0 aliphatic rings. The molecule has 0 amide bonds. The van der Waals surface area contributed by atoms with E-state index in [1.54, 1.807) is 23.5 Å². The molecular weight excluding hydrogens is 209 g/mol. The van der Waals surface area contributed by atoms with Gasteiger partial charge in [-0.1, -0.05) is 12.1 Å². The highest BCUT2D eigenvalue weighted by Crippen LogP contribution is 2.32. The van der Waals surface area contributed by atoms with E-state index in [0.29, 0.717) is 6.54 Å². The van der Waals surface area contributed by atoms with Crippen LogP contribution in [0, 0.1) is 12.7 Å². The van der Waals surface area contributed by atoms with Gasteiger partial charge in [0.1, 0.15) is 5.82 Å². The molecule has 1 aromatic heterocycles. The maximum absolute atomic E-state index is 12.8. The van der Waals surface area contributed by atoms with Crippen molar-refractivity contribution in [2.45, 2.75) is 13.5 Å². The van der Waals surface area contributed by atoms with Crippen molar-refractivity contribution in [3.8, 4) is 10.4 Å². The van der Waals surface area contributed by atoms with Gasteiger partial charge in [-0.15, -0.1) is 11.3 Å². The van der Waals surface area contributed by atoms with Gasteiger partial charge in [-0.3, -0.25) is 0 Å². The summed E-state index contributed by atoms with van der Waals surface area (Å²) in [6, 6.07) is 8.65. The molecule has 3 heteroatoms. The molecule has 0 aliphatic carbocycles. The zero-order chi connectivity index (χ0) is 10.8. The Morgan fingerprint density at radius 2 is 1.93 bits per heavy atom.